The minimum absolute atomic E-state index is 0.204. The molecule has 0 saturated heterocycles. The summed E-state index contributed by atoms with van der Waals surface area (Å²) < 4.78 is 29.9. The van der Waals surface area contributed by atoms with E-state index in [0.29, 0.717) is 40.8 Å². The van der Waals surface area contributed by atoms with E-state index >= 15 is 0 Å². The number of hydrogen-bond acceptors (Lipinski definition) is 5. The van der Waals surface area contributed by atoms with Crippen LogP contribution >= 0.6 is 0 Å². The highest BCUT2D eigenvalue weighted by Gasteiger charge is 2.17. The second-order valence-electron chi connectivity index (χ2n) is 6.18. The molecule has 152 valence electrons. The van der Waals surface area contributed by atoms with E-state index in [0.717, 1.165) is 6.42 Å². The normalized spacial score (nSPS) is 10.5. The first-order valence-electron chi connectivity index (χ1n) is 9.07. The number of nitrogens with one attached hydrogen (secondary N) is 2. The molecular weight excluding hydrogens is 377 g/mol. The molecule has 0 radical (unpaired) electrons. The number of aromatic amines is 1. The van der Waals surface area contributed by atoms with Gasteiger partial charge in [0, 0.05) is 11.6 Å². The Morgan fingerprint density at radius 3 is 2.62 bits per heavy atom. The van der Waals surface area contributed by atoms with Crippen molar-refractivity contribution in [2.24, 2.45) is 0 Å². The van der Waals surface area contributed by atoms with Crippen LogP contribution in [0.1, 0.15) is 23.8 Å². The molecule has 0 fully saturated rings. The summed E-state index contributed by atoms with van der Waals surface area (Å²) in [5, 5.41) is 9.58. The Morgan fingerprint density at radius 1 is 1.10 bits per heavy atom. The van der Waals surface area contributed by atoms with Gasteiger partial charge >= 0.3 is 0 Å². The number of methoxy groups -OCH3 is 2. The van der Waals surface area contributed by atoms with Crippen LogP contribution < -0.4 is 19.5 Å². The van der Waals surface area contributed by atoms with Crippen molar-refractivity contribution in [3.8, 4) is 28.5 Å². The topological polar surface area (TPSA) is 85.5 Å². The van der Waals surface area contributed by atoms with Crippen molar-refractivity contribution < 1.29 is 23.4 Å². The van der Waals surface area contributed by atoms with E-state index in [1.54, 1.807) is 24.3 Å². The number of carbonyl (C=O) groups is 1. The lowest BCUT2D eigenvalue weighted by Crippen LogP contribution is -2.13. The Kier molecular flexibility index (Phi) is 6.33. The van der Waals surface area contributed by atoms with Crippen molar-refractivity contribution in [2.45, 2.75) is 13.3 Å². The molecule has 0 aliphatic rings. The fourth-order valence-corrected chi connectivity index (χ4v) is 2.72. The van der Waals surface area contributed by atoms with Gasteiger partial charge in [-0.25, -0.2) is 4.39 Å². The summed E-state index contributed by atoms with van der Waals surface area (Å²) >= 11 is 0. The van der Waals surface area contributed by atoms with Crippen LogP contribution in [0.3, 0.4) is 0 Å². The number of rotatable bonds is 8. The molecule has 8 heteroatoms. The summed E-state index contributed by atoms with van der Waals surface area (Å²) in [5.41, 5.74) is 1.52. The number of hydrogen-bond donors (Lipinski definition) is 2. The van der Waals surface area contributed by atoms with E-state index in [2.05, 4.69) is 15.5 Å². The summed E-state index contributed by atoms with van der Waals surface area (Å²) in [4.78, 5) is 12.7. The third-order valence-electron chi connectivity index (χ3n) is 4.16. The summed E-state index contributed by atoms with van der Waals surface area (Å²) in [6.07, 6.45) is 0.813. The lowest BCUT2D eigenvalue weighted by Gasteiger charge is -2.11. The Morgan fingerprint density at radius 2 is 1.90 bits per heavy atom. The van der Waals surface area contributed by atoms with Crippen LogP contribution in [0.15, 0.2) is 42.5 Å². The van der Waals surface area contributed by atoms with Gasteiger partial charge in [0.2, 0.25) is 0 Å². The number of benzene rings is 2. The van der Waals surface area contributed by atoms with Crippen LogP contribution in [-0.4, -0.2) is 36.9 Å². The highest BCUT2D eigenvalue weighted by molar-refractivity contribution is 6.04. The molecule has 7 nitrogen and oxygen atoms in total. The third kappa shape index (κ3) is 4.66. The number of carbonyl (C=O) groups excluding carboxylic acids is 1. The maximum atomic E-state index is 13.8. The van der Waals surface area contributed by atoms with Gasteiger partial charge in [0.25, 0.3) is 5.91 Å². The predicted octanol–water partition coefficient (Wildman–Crippen LogP) is 4.27. The van der Waals surface area contributed by atoms with Gasteiger partial charge < -0.3 is 19.5 Å². The fourth-order valence-electron chi connectivity index (χ4n) is 2.72. The predicted molar refractivity (Wildman–Crippen MR) is 107 cm³/mol. The van der Waals surface area contributed by atoms with Crippen molar-refractivity contribution >= 4 is 11.6 Å². The van der Waals surface area contributed by atoms with Crippen LogP contribution in [0.2, 0.25) is 0 Å². The van der Waals surface area contributed by atoms with Crippen LogP contribution in [0.4, 0.5) is 10.1 Å². The number of amides is 1. The van der Waals surface area contributed by atoms with Crippen molar-refractivity contribution in [1.29, 1.82) is 0 Å². The molecule has 2 N–H and O–H groups in total. The summed E-state index contributed by atoms with van der Waals surface area (Å²) in [7, 11) is 3.04. The first kappa shape index (κ1) is 20.2. The monoisotopic (exact) mass is 399 g/mol. The van der Waals surface area contributed by atoms with Gasteiger partial charge in [0.15, 0.2) is 0 Å². The zero-order valence-electron chi connectivity index (χ0n) is 16.4. The second kappa shape index (κ2) is 9.09. The minimum Gasteiger partial charge on any atom is -0.497 e. The Balaban J connectivity index is 1.85. The quantitative estimate of drug-likeness (QED) is 0.591. The smallest absolute Gasteiger partial charge is 0.273 e. The van der Waals surface area contributed by atoms with Gasteiger partial charge in [0.1, 0.15) is 28.8 Å². The molecule has 0 saturated carbocycles. The van der Waals surface area contributed by atoms with Gasteiger partial charge in [0.05, 0.1) is 32.2 Å². The van der Waals surface area contributed by atoms with E-state index in [1.165, 1.54) is 32.4 Å². The molecule has 0 bridgehead atoms. The highest BCUT2D eigenvalue weighted by atomic mass is 19.1. The second-order valence-corrected chi connectivity index (χ2v) is 6.18. The van der Waals surface area contributed by atoms with Crippen molar-refractivity contribution in [3.05, 3.63) is 54.0 Å². The van der Waals surface area contributed by atoms with Crippen LogP contribution in [0, 0.1) is 5.82 Å². The molecule has 29 heavy (non-hydrogen) atoms. The number of aromatic nitrogens is 2. The van der Waals surface area contributed by atoms with E-state index in [4.69, 9.17) is 14.2 Å². The van der Waals surface area contributed by atoms with E-state index in [-0.39, 0.29) is 5.69 Å². The van der Waals surface area contributed by atoms with Crippen molar-refractivity contribution in [2.75, 3.05) is 26.1 Å². The lowest BCUT2D eigenvalue weighted by atomic mass is 10.1. The Bertz CT molecular complexity index is 1000. The maximum Gasteiger partial charge on any atom is 0.273 e. The molecule has 2 aromatic carbocycles. The van der Waals surface area contributed by atoms with Crippen molar-refractivity contribution in [1.82, 2.24) is 10.2 Å². The fraction of sp³-hybridized carbons (Fsp3) is 0.238. The number of halogens is 1. The summed E-state index contributed by atoms with van der Waals surface area (Å²) in [6, 6.07) is 10.8. The zero-order valence-corrected chi connectivity index (χ0v) is 16.4. The Hall–Kier alpha value is -3.55. The SMILES string of the molecule is CCCOc1ccc(F)cc1-c1cc(C(=O)Nc2cc(OC)ccc2OC)[nH]n1. The molecule has 1 aromatic heterocycles. The largest absolute Gasteiger partial charge is 0.497 e. The average molecular weight is 399 g/mol. The zero-order chi connectivity index (χ0) is 20.8. The third-order valence-corrected chi connectivity index (χ3v) is 4.16. The molecule has 0 unspecified atom stereocenters. The molecule has 1 heterocycles. The number of H-pyrrole nitrogens is 1. The molecule has 3 aromatic rings. The molecular formula is C21H22FN3O4. The van der Waals surface area contributed by atoms with E-state index in [1.807, 2.05) is 6.92 Å². The first-order chi connectivity index (χ1) is 14.0. The molecule has 1 amide bonds. The Labute approximate surface area is 167 Å². The van der Waals surface area contributed by atoms with E-state index < -0.39 is 11.7 Å². The molecule has 3 rings (SSSR count). The van der Waals surface area contributed by atoms with Crippen LogP contribution in [0.5, 0.6) is 17.2 Å². The number of nitrogens with zero attached hydrogens (tertiary/aromatic N) is 1. The van der Waals surface area contributed by atoms with Gasteiger partial charge in [-0.2, -0.15) is 5.10 Å². The lowest BCUT2D eigenvalue weighted by molar-refractivity contribution is 0.102. The molecule has 0 atom stereocenters. The standard InChI is InChI=1S/C21H22FN3O4/c1-4-9-29-19-7-5-13(22)10-15(19)16-12-18(25-24-16)21(26)23-17-11-14(27-2)6-8-20(17)28-3/h5-8,10-12H,4,9H2,1-3H3,(H,23,26)(H,24,25). The van der Waals surface area contributed by atoms with Gasteiger partial charge in [-0.05, 0) is 42.8 Å². The van der Waals surface area contributed by atoms with Crippen molar-refractivity contribution in [3.63, 3.8) is 0 Å². The average Bonchev–Trinajstić information content (AvgIpc) is 3.23. The van der Waals surface area contributed by atoms with Gasteiger partial charge in [-0.15, -0.1) is 0 Å². The minimum atomic E-state index is -0.428. The first-order valence-corrected chi connectivity index (χ1v) is 9.07. The molecule has 0 aliphatic carbocycles. The van der Waals surface area contributed by atoms with Crippen LogP contribution in [-0.2, 0) is 0 Å². The molecule has 0 spiro atoms. The number of anilines is 1. The van der Waals surface area contributed by atoms with E-state index in [9.17, 15) is 9.18 Å². The summed E-state index contributed by atoms with van der Waals surface area (Å²) in [5.74, 6) is 0.714. The van der Waals surface area contributed by atoms with Crippen LogP contribution in [0.25, 0.3) is 11.3 Å². The van der Waals surface area contributed by atoms with Gasteiger partial charge in [-0.1, -0.05) is 6.92 Å². The molecule has 0 aliphatic heterocycles. The summed E-state index contributed by atoms with van der Waals surface area (Å²) in [6.45, 7) is 2.47. The number of ether oxygens (including phenoxy) is 3. The maximum absolute atomic E-state index is 13.8. The highest BCUT2D eigenvalue weighted by Crippen LogP contribution is 2.31. The van der Waals surface area contributed by atoms with Gasteiger partial charge in [-0.3, -0.25) is 9.89 Å².